The predicted molar refractivity (Wildman–Crippen MR) is 85.2 cm³/mol. The van der Waals surface area contributed by atoms with Crippen molar-refractivity contribution in [3.63, 3.8) is 0 Å². The number of benzene rings is 1. The highest BCUT2D eigenvalue weighted by Gasteiger charge is 2.29. The van der Waals surface area contributed by atoms with Gasteiger partial charge in [-0.3, -0.25) is 0 Å². The molecule has 0 aromatic heterocycles. The molecule has 5 heteroatoms. The van der Waals surface area contributed by atoms with Gasteiger partial charge in [0.2, 0.25) is 10.0 Å². The van der Waals surface area contributed by atoms with Gasteiger partial charge < -0.3 is 0 Å². The van der Waals surface area contributed by atoms with E-state index in [0.717, 1.165) is 29.3 Å². The van der Waals surface area contributed by atoms with Gasteiger partial charge in [-0.05, 0) is 61.8 Å². The summed E-state index contributed by atoms with van der Waals surface area (Å²) in [4.78, 5) is 0.351. The summed E-state index contributed by atoms with van der Waals surface area (Å²) in [6.07, 6.45) is 3.11. The third kappa shape index (κ3) is 3.62. The zero-order valence-corrected chi connectivity index (χ0v) is 14.6. The number of hydrogen-bond acceptors (Lipinski definition) is 2. The van der Waals surface area contributed by atoms with E-state index in [2.05, 4.69) is 34.5 Å². The second kappa shape index (κ2) is 6.16. The molecule has 1 aromatic carbocycles. The van der Waals surface area contributed by atoms with E-state index in [1.807, 2.05) is 6.92 Å². The van der Waals surface area contributed by atoms with Gasteiger partial charge in [0.05, 0.1) is 4.90 Å². The molecule has 0 spiro atoms. The van der Waals surface area contributed by atoms with Gasteiger partial charge in [0.15, 0.2) is 0 Å². The first-order valence-corrected chi connectivity index (χ1v) is 9.35. The van der Waals surface area contributed by atoms with Crippen molar-refractivity contribution in [2.75, 3.05) is 0 Å². The number of sulfonamides is 1. The summed E-state index contributed by atoms with van der Waals surface area (Å²) in [5.41, 5.74) is 0.929. The first kappa shape index (κ1) is 16.0. The molecule has 1 fully saturated rings. The van der Waals surface area contributed by atoms with Crippen molar-refractivity contribution in [2.45, 2.75) is 51.0 Å². The number of hydrogen-bond donors (Lipinski definition) is 1. The molecule has 1 saturated carbocycles. The average Bonchev–Trinajstić information content (AvgIpc) is 2.36. The van der Waals surface area contributed by atoms with Gasteiger partial charge in [0.25, 0.3) is 0 Å². The Balaban J connectivity index is 2.16. The van der Waals surface area contributed by atoms with Crippen molar-refractivity contribution in [3.8, 4) is 0 Å². The first-order chi connectivity index (χ1) is 9.29. The molecule has 0 heterocycles. The minimum absolute atomic E-state index is 0.0557. The second-order valence-corrected chi connectivity index (χ2v) is 8.60. The Morgan fingerprint density at radius 1 is 1.25 bits per heavy atom. The molecule has 3 atom stereocenters. The molecule has 112 valence electrons. The summed E-state index contributed by atoms with van der Waals surface area (Å²) in [6.45, 7) is 6.27. The van der Waals surface area contributed by atoms with Crippen LogP contribution in [-0.2, 0) is 10.0 Å². The Morgan fingerprint density at radius 3 is 2.55 bits per heavy atom. The Bertz CT molecular complexity index is 586. The Kier molecular flexibility index (Phi) is 4.92. The lowest BCUT2D eigenvalue weighted by molar-refractivity contribution is 0.249. The van der Waals surface area contributed by atoms with Crippen LogP contribution in [0.15, 0.2) is 27.6 Å². The highest BCUT2D eigenvalue weighted by Crippen LogP contribution is 2.30. The molecule has 3 nitrogen and oxygen atoms in total. The van der Waals surface area contributed by atoms with Crippen LogP contribution in [0, 0.1) is 18.8 Å². The van der Waals surface area contributed by atoms with Crippen LogP contribution in [0.5, 0.6) is 0 Å². The molecule has 0 amide bonds. The van der Waals surface area contributed by atoms with Crippen LogP contribution in [0.1, 0.15) is 38.7 Å². The highest BCUT2D eigenvalue weighted by atomic mass is 79.9. The third-order valence-electron chi connectivity index (χ3n) is 4.18. The molecule has 0 radical (unpaired) electrons. The first-order valence-electron chi connectivity index (χ1n) is 7.08. The fourth-order valence-corrected chi connectivity index (χ4v) is 4.60. The monoisotopic (exact) mass is 359 g/mol. The molecule has 0 bridgehead atoms. The van der Waals surface area contributed by atoms with E-state index in [1.54, 1.807) is 18.2 Å². The zero-order chi connectivity index (χ0) is 14.9. The van der Waals surface area contributed by atoms with Gasteiger partial charge in [0.1, 0.15) is 0 Å². The molecule has 1 N–H and O–H groups in total. The van der Waals surface area contributed by atoms with Crippen LogP contribution < -0.4 is 4.72 Å². The summed E-state index contributed by atoms with van der Waals surface area (Å²) in [6, 6.07) is 5.20. The fourth-order valence-electron chi connectivity index (χ4n) is 2.89. The van der Waals surface area contributed by atoms with Crippen LogP contribution >= 0.6 is 15.9 Å². The largest absolute Gasteiger partial charge is 0.240 e. The number of nitrogens with one attached hydrogen (secondary N) is 1. The van der Waals surface area contributed by atoms with Crippen LogP contribution in [0.3, 0.4) is 0 Å². The molecule has 0 aliphatic heterocycles. The van der Waals surface area contributed by atoms with Gasteiger partial charge in [0, 0.05) is 10.5 Å². The Labute approximate surface area is 130 Å². The van der Waals surface area contributed by atoms with Crippen molar-refractivity contribution in [1.29, 1.82) is 0 Å². The van der Waals surface area contributed by atoms with E-state index in [-0.39, 0.29) is 6.04 Å². The van der Waals surface area contributed by atoms with Gasteiger partial charge in [-0.1, -0.05) is 29.8 Å². The van der Waals surface area contributed by atoms with Crippen molar-refractivity contribution in [3.05, 3.63) is 28.2 Å². The normalized spacial score (nSPS) is 27.5. The number of halogens is 1. The Hall–Kier alpha value is -0.390. The van der Waals surface area contributed by atoms with Crippen molar-refractivity contribution in [1.82, 2.24) is 4.72 Å². The van der Waals surface area contributed by atoms with Crippen LogP contribution in [0.2, 0.25) is 0 Å². The van der Waals surface area contributed by atoms with Gasteiger partial charge in [-0.15, -0.1) is 0 Å². The maximum atomic E-state index is 12.5. The SMILES string of the molecule is Cc1cc(S(=O)(=O)NC2CCC(C)CC2C)ccc1Br. The Morgan fingerprint density at radius 2 is 1.95 bits per heavy atom. The van der Waals surface area contributed by atoms with Gasteiger partial charge >= 0.3 is 0 Å². The lowest BCUT2D eigenvalue weighted by atomic mass is 9.80. The van der Waals surface area contributed by atoms with Crippen molar-refractivity contribution in [2.24, 2.45) is 11.8 Å². The second-order valence-electron chi connectivity index (χ2n) is 6.03. The van der Waals surface area contributed by atoms with Gasteiger partial charge in [-0.2, -0.15) is 0 Å². The molecular formula is C15H22BrNO2S. The molecule has 1 aliphatic carbocycles. The van der Waals surface area contributed by atoms with E-state index in [0.29, 0.717) is 16.7 Å². The smallest absolute Gasteiger partial charge is 0.208 e. The summed E-state index contributed by atoms with van der Waals surface area (Å²) in [5.74, 6) is 1.09. The molecule has 20 heavy (non-hydrogen) atoms. The minimum Gasteiger partial charge on any atom is -0.208 e. The van der Waals surface area contributed by atoms with E-state index in [4.69, 9.17) is 0 Å². The summed E-state index contributed by atoms with van der Waals surface area (Å²) in [5, 5.41) is 0. The lowest BCUT2D eigenvalue weighted by Crippen LogP contribution is -2.42. The summed E-state index contributed by atoms with van der Waals surface area (Å²) < 4.78 is 28.7. The quantitative estimate of drug-likeness (QED) is 0.890. The molecular weight excluding hydrogens is 338 g/mol. The van der Waals surface area contributed by atoms with Crippen molar-refractivity contribution >= 4 is 26.0 Å². The van der Waals surface area contributed by atoms with E-state index >= 15 is 0 Å². The maximum absolute atomic E-state index is 12.5. The van der Waals surface area contributed by atoms with E-state index in [1.165, 1.54) is 0 Å². The average molecular weight is 360 g/mol. The van der Waals surface area contributed by atoms with Crippen LogP contribution in [0.25, 0.3) is 0 Å². The summed E-state index contributed by atoms with van der Waals surface area (Å²) >= 11 is 3.40. The topological polar surface area (TPSA) is 46.2 Å². The molecule has 1 aromatic rings. The summed E-state index contributed by atoms with van der Waals surface area (Å²) in [7, 11) is -3.42. The molecule has 2 rings (SSSR count). The lowest BCUT2D eigenvalue weighted by Gasteiger charge is -2.32. The molecule has 3 unspecified atom stereocenters. The maximum Gasteiger partial charge on any atom is 0.240 e. The third-order valence-corrected chi connectivity index (χ3v) is 6.56. The fraction of sp³-hybridized carbons (Fsp3) is 0.600. The minimum atomic E-state index is -3.42. The zero-order valence-electron chi connectivity index (χ0n) is 12.2. The molecule has 0 saturated heterocycles. The van der Waals surface area contributed by atoms with E-state index < -0.39 is 10.0 Å². The highest BCUT2D eigenvalue weighted by molar-refractivity contribution is 9.10. The van der Waals surface area contributed by atoms with E-state index in [9.17, 15) is 8.42 Å². The van der Waals surface area contributed by atoms with Gasteiger partial charge in [-0.25, -0.2) is 13.1 Å². The standard InChI is InChI=1S/C15H22BrNO2S/c1-10-4-7-15(12(3)8-10)17-20(18,19)13-5-6-14(16)11(2)9-13/h5-6,9-10,12,15,17H,4,7-8H2,1-3H3. The molecule has 1 aliphatic rings. The number of aryl methyl sites for hydroxylation is 1. The predicted octanol–water partition coefficient (Wildman–Crippen LogP) is 3.86. The number of rotatable bonds is 3. The van der Waals surface area contributed by atoms with Crippen molar-refractivity contribution < 1.29 is 8.42 Å². The van der Waals surface area contributed by atoms with Crippen LogP contribution in [0.4, 0.5) is 0 Å². The van der Waals surface area contributed by atoms with Crippen LogP contribution in [-0.4, -0.2) is 14.5 Å².